The van der Waals surface area contributed by atoms with Gasteiger partial charge in [0.2, 0.25) is 0 Å². The predicted octanol–water partition coefficient (Wildman–Crippen LogP) is 4.43. The van der Waals surface area contributed by atoms with E-state index in [1.54, 1.807) is 11.3 Å². The number of pyridine rings is 1. The molecule has 0 bridgehead atoms. The van der Waals surface area contributed by atoms with E-state index in [1.807, 2.05) is 12.1 Å². The normalized spacial score (nSPS) is 16.9. The van der Waals surface area contributed by atoms with E-state index >= 15 is 0 Å². The molecule has 4 aromatic rings. The van der Waals surface area contributed by atoms with Crippen molar-refractivity contribution >= 4 is 44.1 Å². The molecular weight excluding hydrogens is 450 g/mol. The van der Waals surface area contributed by atoms with Crippen LogP contribution in [0.5, 0.6) is 0 Å². The molecule has 1 saturated heterocycles. The Kier molecular flexibility index (Phi) is 5.01. The maximum absolute atomic E-state index is 6.22. The summed E-state index contributed by atoms with van der Waals surface area (Å²) in [5.74, 6) is 0.428. The van der Waals surface area contributed by atoms with Gasteiger partial charge < -0.3 is 15.8 Å². The maximum Gasteiger partial charge on any atom is 0.165 e. The van der Waals surface area contributed by atoms with Crippen LogP contribution in [-0.4, -0.2) is 34.7 Å². The van der Waals surface area contributed by atoms with Crippen LogP contribution in [0.1, 0.15) is 11.6 Å². The number of aromatic nitrogens is 3. The average molecular weight is 468 g/mol. The first-order chi connectivity index (χ1) is 14.2. The zero-order valence-corrected chi connectivity index (χ0v) is 17.8. The molecule has 5 rings (SSSR count). The van der Waals surface area contributed by atoms with Crippen molar-refractivity contribution in [2.45, 2.75) is 6.04 Å². The number of fused-ring (bicyclic) bond motifs is 1. The Hall–Kier alpha value is -2.39. The first-order valence-corrected chi connectivity index (χ1v) is 10.9. The van der Waals surface area contributed by atoms with Gasteiger partial charge in [-0.25, -0.2) is 15.0 Å². The van der Waals surface area contributed by atoms with Crippen LogP contribution in [0.15, 0.2) is 52.6 Å². The lowest BCUT2D eigenvalue weighted by Crippen LogP contribution is -2.34. The number of hydrogen-bond acceptors (Lipinski definition) is 7. The second kappa shape index (κ2) is 7.79. The molecule has 4 heterocycles. The number of nitrogens with two attached hydrogens (primary N) is 1. The molecular formula is C21H18BrN5OS. The second-order valence-electron chi connectivity index (χ2n) is 6.81. The predicted molar refractivity (Wildman–Crippen MR) is 120 cm³/mol. The van der Waals surface area contributed by atoms with Crippen LogP contribution in [-0.2, 0) is 4.74 Å². The zero-order chi connectivity index (χ0) is 19.8. The van der Waals surface area contributed by atoms with Gasteiger partial charge in [-0.15, -0.1) is 11.3 Å². The SMILES string of the molecule is Nc1ncnc2nc(-c3sccc3C3COCCN3)cc(-c3cccc(Br)c3)c12. The molecule has 1 unspecified atom stereocenters. The molecule has 1 aliphatic rings. The lowest BCUT2D eigenvalue weighted by atomic mass is 10.00. The second-order valence-corrected chi connectivity index (χ2v) is 8.64. The third-order valence-corrected chi connectivity index (χ3v) is 6.44. The molecule has 3 N–H and O–H groups in total. The summed E-state index contributed by atoms with van der Waals surface area (Å²) in [6.45, 7) is 2.25. The average Bonchev–Trinajstić information content (AvgIpc) is 3.24. The van der Waals surface area contributed by atoms with Gasteiger partial charge >= 0.3 is 0 Å². The monoisotopic (exact) mass is 467 g/mol. The van der Waals surface area contributed by atoms with Crippen LogP contribution in [0.25, 0.3) is 32.7 Å². The summed E-state index contributed by atoms with van der Waals surface area (Å²) in [6.07, 6.45) is 1.46. The molecule has 29 heavy (non-hydrogen) atoms. The zero-order valence-electron chi connectivity index (χ0n) is 15.4. The van der Waals surface area contributed by atoms with Crippen molar-refractivity contribution in [2.24, 2.45) is 0 Å². The Morgan fingerprint density at radius 1 is 1.21 bits per heavy atom. The van der Waals surface area contributed by atoms with Gasteiger partial charge in [0.05, 0.1) is 35.2 Å². The van der Waals surface area contributed by atoms with Crippen LogP contribution >= 0.6 is 27.3 Å². The molecule has 0 radical (unpaired) electrons. The molecule has 6 nitrogen and oxygen atoms in total. The van der Waals surface area contributed by atoms with Crippen molar-refractivity contribution in [2.75, 3.05) is 25.5 Å². The van der Waals surface area contributed by atoms with Crippen molar-refractivity contribution in [3.63, 3.8) is 0 Å². The molecule has 1 aliphatic heterocycles. The molecule has 0 amide bonds. The minimum absolute atomic E-state index is 0.160. The Balaban J connectivity index is 1.72. The first kappa shape index (κ1) is 18.6. The summed E-state index contributed by atoms with van der Waals surface area (Å²) in [7, 11) is 0. The van der Waals surface area contributed by atoms with Crippen molar-refractivity contribution in [1.29, 1.82) is 0 Å². The highest BCUT2D eigenvalue weighted by Crippen LogP contribution is 2.38. The number of anilines is 1. The third kappa shape index (κ3) is 3.53. The van der Waals surface area contributed by atoms with Crippen molar-refractivity contribution in [3.05, 3.63) is 58.1 Å². The number of benzene rings is 1. The number of nitrogens with zero attached hydrogens (tertiary/aromatic N) is 3. The smallest absolute Gasteiger partial charge is 0.165 e. The topological polar surface area (TPSA) is 86.0 Å². The highest BCUT2D eigenvalue weighted by atomic mass is 79.9. The number of hydrogen-bond donors (Lipinski definition) is 2. The molecule has 0 saturated carbocycles. The van der Waals surface area contributed by atoms with Crippen LogP contribution < -0.4 is 11.1 Å². The van der Waals surface area contributed by atoms with Gasteiger partial charge in [0.25, 0.3) is 0 Å². The van der Waals surface area contributed by atoms with Crippen molar-refractivity contribution in [3.8, 4) is 21.7 Å². The minimum Gasteiger partial charge on any atom is -0.383 e. The maximum atomic E-state index is 6.22. The molecule has 8 heteroatoms. The number of nitrogen functional groups attached to an aromatic ring is 1. The Labute approximate surface area is 180 Å². The van der Waals surface area contributed by atoms with E-state index in [4.69, 9.17) is 15.5 Å². The Bertz CT molecular complexity index is 1190. The highest BCUT2D eigenvalue weighted by Gasteiger charge is 2.22. The van der Waals surface area contributed by atoms with Crippen LogP contribution in [0.4, 0.5) is 5.82 Å². The molecule has 1 atom stereocenters. The largest absolute Gasteiger partial charge is 0.383 e. The fourth-order valence-corrected chi connectivity index (χ4v) is 4.98. The van der Waals surface area contributed by atoms with Crippen LogP contribution in [0.3, 0.4) is 0 Å². The van der Waals surface area contributed by atoms with Crippen LogP contribution in [0, 0.1) is 0 Å². The number of rotatable bonds is 3. The summed E-state index contributed by atoms with van der Waals surface area (Å²) in [5, 5.41) is 6.40. The summed E-state index contributed by atoms with van der Waals surface area (Å²) in [4.78, 5) is 14.6. The molecule has 3 aromatic heterocycles. The summed E-state index contributed by atoms with van der Waals surface area (Å²) < 4.78 is 6.67. The molecule has 146 valence electrons. The van der Waals surface area contributed by atoms with Crippen molar-refractivity contribution < 1.29 is 4.74 Å². The molecule has 1 aromatic carbocycles. The van der Waals surface area contributed by atoms with Gasteiger partial charge in [0.15, 0.2) is 5.65 Å². The molecule has 1 fully saturated rings. The highest BCUT2D eigenvalue weighted by molar-refractivity contribution is 9.10. The first-order valence-electron chi connectivity index (χ1n) is 9.27. The van der Waals surface area contributed by atoms with Crippen LogP contribution in [0.2, 0.25) is 0 Å². The molecule has 0 aliphatic carbocycles. The van der Waals surface area contributed by atoms with Gasteiger partial charge in [-0.05, 0) is 46.3 Å². The van der Waals surface area contributed by atoms with E-state index in [0.29, 0.717) is 18.1 Å². The van der Waals surface area contributed by atoms with Gasteiger partial charge in [-0.1, -0.05) is 28.1 Å². The third-order valence-electron chi connectivity index (χ3n) is 4.99. The minimum atomic E-state index is 0.160. The summed E-state index contributed by atoms with van der Waals surface area (Å²) in [5.41, 5.74) is 10.9. The fraction of sp³-hybridized carbons (Fsp3) is 0.190. The van der Waals surface area contributed by atoms with E-state index in [9.17, 15) is 0 Å². The van der Waals surface area contributed by atoms with E-state index in [0.717, 1.165) is 44.7 Å². The number of halogens is 1. The Morgan fingerprint density at radius 2 is 2.14 bits per heavy atom. The van der Waals surface area contributed by atoms with E-state index in [1.165, 1.54) is 11.9 Å². The standard InChI is InChI=1S/C21H18BrN5OS/c22-13-3-1-2-12(8-13)15-9-16(27-21-18(15)20(23)25-11-26-21)19-14(4-7-29-19)17-10-28-6-5-24-17/h1-4,7-9,11,17,24H,5-6,10H2,(H2,23,25,26,27). The fourth-order valence-electron chi connectivity index (χ4n) is 3.65. The summed E-state index contributed by atoms with van der Waals surface area (Å²) >= 11 is 5.24. The Morgan fingerprint density at radius 3 is 2.97 bits per heavy atom. The van der Waals surface area contributed by atoms with E-state index in [2.05, 4.69) is 60.9 Å². The summed E-state index contributed by atoms with van der Waals surface area (Å²) in [6, 6.07) is 12.5. The molecule has 0 spiro atoms. The van der Waals surface area contributed by atoms with E-state index < -0.39 is 0 Å². The number of nitrogens with one attached hydrogen (secondary N) is 1. The van der Waals surface area contributed by atoms with E-state index in [-0.39, 0.29) is 6.04 Å². The van der Waals surface area contributed by atoms with Gasteiger partial charge in [-0.3, -0.25) is 0 Å². The lowest BCUT2D eigenvalue weighted by Gasteiger charge is -2.24. The quantitative estimate of drug-likeness (QED) is 0.463. The van der Waals surface area contributed by atoms with Gasteiger partial charge in [0, 0.05) is 11.0 Å². The van der Waals surface area contributed by atoms with Gasteiger partial charge in [-0.2, -0.15) is 0 Å². The number of ether oxygens (including phenoxy) is 1. The number of morpholine rings is 1. The van der Waals surface area contributed by atoms with Gasteiger partial charge in [0.1, 0.15) is 12.1 Å². The lowest BCUT2D eigenvalue weighted by molar-refractivity contribution is 0.0771. The number of thiophene rings is 1. The van der Waals surface area contributed by atoms with Crippen molar-refractivity contribution in [1.82, 2.24) is 20.3 Å².